The molecule has 0 aliphatic heterocycles. The van der Waals surface area contributed by atoms with Crippen molar-refractivity contribution in [3.8, 4) is 0 Å². The Morgan fingerprint density at radius 2 is 1.94 bits per heavy atom. The van der Waals surface area contributed by atoms with Crippen LogP contribution < -0.4 is 10.5 Å². The smallest absolute Gasteiger partial charge is 0.408 e. The number of anilines is 1. The average Bonchev–Trinajstić information content (AvgIpc) is 3.11. The number of oxazole rings is 1. The van der Waals surface area contributed by atoms with Gasteiger partial charge in [0.2, 0.25) is 5.95 Å². The molecule has 1 atom stereocenters. The van der Waals surface area contributed by atoms with E-state index in [1.54, 1.807) is 20.2 Å². The molecule has 0 amide bonds. The van der Waals surface area contributed by atoms with E-state index < -0.39 is 38.5 Å². The van der Waals surface area contributed by atoms with Crippen molar-refractivity contribution in [1.82, 2.24) is 9.55 Å². The molecule has 1 N–H and O–H groups in total. The number of aliphatic imine (C=N–C) groups is 1. The molecule has 11 heteroatoms. The Morgan fingerprint density at radius 1 is 1.18 bits per heavy atom. The number of rotatable bonds is 7. The molecule has 0 saturated carbocycles. The molecular formula is C23H20F2N4O4S. The van der Waals surface area contributed by atoms with Crippen molar-refractivity contribution in [3.05, 3.63) is 88.0 Å². The average molecular weight is 487 g/mol. The summed E-state index contributed by atoms with van der Waals surface area (Å²) in [7, 11) is -2.82. The number of benzene rings is 2. The first-order chi connectivity index (χ1) is 16.2. The largest absolute Gasteiger partial charge is 0.420 e. The molecule has 4 aromatic rings. The van der Waals surface area contributed by atoms with Gasteiger partial charge in [0.1, 0.15) is 16.5 Å². The van der Waals surface area contributed by atoms with E-state index in [2.05, 4.69) is 9.98 Å². The summed E-state index contributed by atoms with van der Waals surface area (Å²) in [4.78, 5) is 19.4. The molecule has 0 radical (unpaired) electrons. The third-order valence-corrected chi connectivity index (χ3v) is 6.67. The highest BCUT2D eigenvalue weighted by molar-refractivity contribution is 7.92. The molecule has 0 fully saturated rings. The number of hydrogen-bond donors (Lipinski definition) is 1. The van der Waals surface area contributed by atoms with Crippen LogP contribution in [-0.2, 0) is 16.4 Å². The first-order valence-electron chi connectivity index (χ1n) is 10.2. The van der Waals surface area contributed by atoms with Crippen LogP contribution in [0.1, 0.15) is 24.1 Å². The minimum Gasteiger partial charge on any atom is -0.408 e. The second kappa shape index (κ2) is 9.18. The summed E-state index contributed by atoms with van der Waals surface area (Å²) < 4.78 is 62.3. The lowest BCUT2D eigenvalue weighted by molar-refractivity contribution is 0.488. The van der Waals surface area contributed by atoms with Gasteiger partial charge in [-0.05, 0) is 30.2 Å². The minimum atomic E-state index is -4.49. The van der Waals surface area contributed by atoms with Gasteiger partial charge in [-0.15, -0.1) is 0 Å². The van der Waals surface area contributed by atoms with Crippen molar-refractivity contribution in [2.24, 2.45) is 4.99 Å². The van der Waals surface area contributed by atoms with E-state index in [4.69, 9.17) is 4.42 Å². The molecule has 2 aromatic carbocycles. The van der Waals surface area contributed by atoms with E-state index in [0.29, 0.717) is 6.42 Å². The molecular weight excluding hydrogens is 466 g/mol. The maximum Gasteiger partial charge on any atom is 0.420 e. The fraction of sp³-hybridized carbons (Fsp3) is 0.174. The zero-order valence-corrected chi connectivity index (χ0v) is 19.0. The van der Waals surface area contributed by atoms with Crippen molar-refractivity contribution in [1.29, 1.82) is 0 Å². The summed E-state index contributed by atoms with van der Waals surface area (Å²) in [6.07, 6.45) is 2.27. The number of nitrogens with zero attached hydrogens (tertiary/aromatic N) is 3. The van der Waals surface area contributed by atoms with Crippen molar-refractivity contribution in [2.75, 3.05) is 11.8 Å². The lowest BCUT2D eigenvalue weighted by atomic mass is 9.99. The topological polar surface area (TPSA) is 107 Å². The van der Waals surface area contributed by atoms with E-state index in [9.17, 15) is 17.6 Å². The predicted octanol–water partition coefficient (Wildman–Crippen LogP) is 3.92. The number of aromatic nitrogens is 2. The highest BCUT2D eigenvalue weighted by Gasteiger charge is 2.25. The number of nitrogens with one attached hydrogen (secondary N) is 1. The Morgan fingerprint density at radius 3 is 2.68 bits per heavy atom. The van der Waals surface area contributed by atoms with Crippen molar-refractivity contribution in [2.45, 2.75) is 24.3 Å². The lowest BCUT2D eigenvalue weighted by Crippen LogP contribution is -2.20. The van der Waals surface area contributed by atoms with Crippen LogP contribution in [0.3, 0.4) is 0 Å². The molecule has 8 nitrogen and oxygen atoms in total. The first-order valence-corrected chi connectivity index (χ1v) is 11.7. The molecule has 0 bridgehead atoms. The number of pyridine rings is 1. The molecule has 0 spiro atoms. The van der Waals surface area contributed by atoms with Gasteiger partial charge in [-0.2, -0.15) is 4.39 Å². The van der Waals surface area contributed by atoms with E-state index in [0.717, 1.165) is 29.3 Å². The Labute approximate surface area is 193 Å². The van der Waals surface area contributed by atoms with Crippen LogP contribution in [-0.4, -0.2) is 31.2 Å². The Kier molecular flexibility index (Phi) is 6.29. The van der Waals surface area contributed by atoms with Crippen LogP contribution in [0.5, 0.6) is 0 Å². The third kappa shape index (κ3) is 4.46. The molecule has 2 aromatic heterocycles. The van der Waals surface area contributed by atoms with Crippen LogP contribution in [0.25, 0.3) is 11.1 Å². The zero-order valence-electron chi connectivity index (χ0n) is 18.2. The quantitative estimate of drug-likeness (QED) is 0.315. The summed E-state index contributed by atoms with van der Waals surface area (Å²) in [5, 5.41) is 0. The number of hydrogen-bond acceptors (Lipinski definition) is 6. The van der Waals surface area contributed by atoms with Gasteiger partial charge in [-0.25, -0.2) is 22.6 Å². The predicted molar refractivity (Wildman–Crippen MR) is 124 cm³/mol. The van der Waals surface area contributed by atoms with Gasteiger partial charge < -0.3 is 9.41 Å². The summed E-state index contributed by atoms with van der Waals surface area (Å²) in [6, 6.07) is 12.3. The highest BCUT2D eigenvalue weighted by atomic mass is 32.2. The lowest BCUT2D eigenvalue weighted by Gasteiger charge is -2.17. The van der Waals surface area contributed by atoms with Gasteiger partial charge in [0.25, 0.3) is 10.0 Å². The fourth-order valence-corrected chi connectivity index (χ4v) is 4.80. The van der Waals surface area contributed by atoms with Gasteiger partial charge in [0.15, 0.2) is 5.58 Å². The molecule has 2 heterocycles. The van der Waals surface area contributed by atoms with Gasteiger partial charge in [0, 0.05) is 31.8 Å². The van der Waals surface area contributed by atoms with E-state index in [-0.39, 0.29) is 16.9 Å². The van der Waals surface area contributed by atoms with Crippen LogP contribution in [0.2, 0.25) is 0 Å². The second-order valence-corrected chi connectivity index (χ2v) is 9.11. The van der Waals surface area contributed by atoms with E-state index in [1.165, 1.54) is 16.7 Å². The van der Waals surface area contributed by atoms with Gasteiger partial charge in [0.05, 0.1) is 11.6 Å². The summed E-state index contributed by atoms with van der Waals surface area (Å²) >= 11 is 0. The van der Waals surface area contributed by atoms with Crippen molar-refractivity contribution < 1.29 is 21.6 Å². The monoisotopic (exact) mass is 486 g/mol. The van der Waals surface area contributed by atoms with Gasteiger partial charge in [-0.1, -0.05) is 30.3 Å². The van der Waals surface area contributed by atoms with Crippen LogP contribution in [0, 0.1) is 11.8 Å². The molecule has 0 aliphatic carbocycles. The number of halogens is 2. The first kappa shape index (κ1) is 23.3. The maximum absolute atomic E-state index is 15.0. The van der Waals surface area contributed by atoms with Crippen LogP contribution in [0.4, 0.5) is 14.6 Å². The second-order valence-electron chi connectivity index (χ2n) is 7.46. The van der Waals surface area contributed by atoms with Crippen molar-refractivity contribution in [3.63, 3.8) is 0 Å². The SMILES string of the molecule is CN=CCc1ccccc1[C@@H](C)n1c(=O)oc2cc(S(=O)(=O)Nc3cccc(F)n3)c(F)cc21. The van der Waals surface area contributed by atoms with E-state index >= 15 is 4.39 Å². The van der Waals surface area contributed by atoms with Crippen LogP contribution in [0.15, 0.2) is 73.7 Å². The maximum atomic E-state index is 15.0. The Hall–Kier alpha value is -3.86. The van der Waals surface area contributed by atoms with Gasteiger partial charge >= 0.3 is 5.76 Å². The summed E-state index contributed by atoms with van der Waals surface area (Å²) in [5.41, 5.74) is 1.71. The molecule has 34 heavy (non-hydrogen) atoms. The molecule has 4 rings (SSSR count). The summed E-state index contributed by atoms with van der Waals surface area (Å²) in [6.45, 7) is 1.76. The number of fused-ring (bicyclic) bond motifs is 1. The minimum absolute atomic E-state index is 0.0943. The highest BCUT2D eigenvalue weighted by Crippen LogP contribution is 2.29. The third-order valence-electron chi connectivity index (χ3n) is 5.30. The Balaban J connectivity index is 1.78. The Bertz CT molecular complexity index is 1560. The molecule has 0 aliphatic rings. The normalized spacial score (nSPS) is 12.9. The van der Waals surface area contributed by atoms with Crippen molar-refractivity contribution >= 4 is 33.2 Å². The summed E-state index contributed by atoms with van der Waals surface area (Å²) in [5.74, 6) is -3.10. The molecule has 176 valence electrons. The fourth-order valence-electron chi connectivity index (χ4n) is 3.72. The standard InChI is InChI=1S/C23H20F2N4O4S/c1-14(16-7-4-3-6-15(16)10-11-26-2)29-18-12-17(24)20(13-19(18)33-23(29)30)34(31,32)28-22-9-5-8-21(25)27-22/h3-9,11-14H,10H2,1-2H3,(H,27,28)/t14-/m1/s1. The molecule has 0 saturated heterocycles. The van der Waals surface area contributed by atoms with Crippen LogP contribution >= 0.6 is 0 Å². The number of sulfonamides is 1. The van der Waals surface area contributed by atoms with E-state index in [1.807, 2.05) is 29.0 Å². The molecule has 0 unspecified atom stereocenters. The van der Waals surface area contributed by atoms with Gasteiger partial charge in [-0.3, -0.25) is 9.29 Å². The zero-order chi connectivity index (χ0) is 24.5.